The van der Waals surface area contributed by atoms with Gasteiger partial charge in [0.25, 0.3) is 0 Å². The van der Waals surface area contributed by atoms with Crippen molar-refractivity contribution in [1.29, 1.82) is 0 Å². The van der Waals surface area contributed by atoms with Gasteiger partial charge in [0.1, 0.15) is 5.60 Å². The summed E-state index contributed by atoms with van der Waals surface area (Å²) >= 11 is 3.37. The van der Waals surface area contributed by atoms with Crippen molar-refractivity contribution >= 4 is 22.0 Å². The van der Waals surface area contributed by atoms with Gasteiger partial charge in [-0.3, -0.25) is 0 Å². The monoisotopic (exact) mass is 293 g/mol. The van der Waals surface area contributed by atoms with E-state index >= 15 is 0 Å². The second-order valence-electron chi connectivity index (χ2n) is 5.11. The summed E-state index contributed by atoms with van der Waals surface area (Å²) in [5.74, 6) is 0. The first-order chi connectivity index (χ1) is 7.31. The molecular weight excluding hydrogens is 274 g/mol. The normalized spacial score (nSPS) is 26.7. The summed E-state index contributed by atoms with van der Waals surface area (Å²) < 4.78 is 11.0. The molecule has 4 nitrogen and oxygen atoms in total. The second kappa shape index (κ2) is 5.36. The van der Waals surface area contributed by atoms with Crippen LogP contribution in [0.1, 0.15) is 27.7 Å². The molecule has 1 saturated heterocycles. The number of hydrogen-bond donors (Lipinski definition) is 0. The molecule has 1 aliphatic heterocycles. The lowest BCUT2D eigenvalue weighted by Crippen LogP contribution is -2.51. The van der Waals surface area contributed by atoms with E-state index in [9.17, 15) is 4.79 Å². The molecule has 0 unspecified atom stereocenters. The van der Waals surface area contributed by atoms with E-state index in [1.54, 1.807) is 4.90 Å². The zero-order chi connectivity index (χ0) is 12.3. The molecule has 0 saturated carbocycles. The Morgan fingerprint density at radius 2 is 2.12 bits per heavy atom. The third-order valence-corrected chi connectivity index (χ3v) is 2.87. The second-order valence-corrected chi connectivity index (χ2v) is 5.76. The number of carbonyl (C=O) groups is 1. The number of alkyl halides is 1. The van der Waals surface area contributed by atoms with Crippen molar-refractivity contribution in [2.75, 3.05) is 18.4 Å². The molecule has 1 fully saturated rings. The Kier molecular flexibility index (Phi) is 4.62. The van der Waals surface area contributed by atoms with Crippen LogP contribution >= 0.6 is 15.9 Å². The lowest BCUT2D eigenvalue weighted by molar-refractivity contribution is -0.0702. The Balaban J connectivity index is 2.55. The Morgan fingerprint density at radius 1 is 1.50 bits per heavy atom. The molecular formula is C11H20BrNO3. The lowest BCUT2D eigenvalue weighted by atomic mass is 10.2. The highest BCUT2D eigenvalue weighted by molar-refractivity contribution is 9.09. The van der Waals surface area contributed by atoms with E-state index in [2.05, 4.69) is 15.9 Å². The summed E-state index contributed by atoms with van der Waals surface area (Å²) in [5.41, 5.74) is -0.442. The summed E-state index contributed by atoms with van der Waals surface area (Å²) in [6, 6.07) is 0. The van der Waals surface area contributed by atoms with Crippen molar-refractivity contribution in [1.82, 2.24) is 4.90 Å². The van der Waals surface area contributed by atoms with E-state index in [1.165, 1.54) is 0 Å². The molecule has 0 aromatic carbocycles. The first-order valence-electron chi connectivity index (χ1n) is 5.51. The van der Waals surface area contributed by atoms with E-state index in [1.807, 2.05) is 27.7 Å². The number of amides is 1. The third kappa shape index (κ3) is 4.29. The first kappa shape index (κ1) is 13.8. The first-order valence-corrected chi connectivity index (χ1v) is 6.63. The summed E-state index contributed by atoms with van der Waals surface area (Å²) in [5, 5.41) is 0.733. The average molecular weight is 294 g/mol. The van der Waals surface area contributed by atoms with Gasteiger partial charge in [0.15, 0.2) is 0 Å². The molecule has 0 aromatic heterocycles. The fourth-order valence-corrected chi connectivity index (χ4v) is 1.96. The van der Waals surface area contributed by atoms with E-state index in [0.717, 1.165) is 5.33 Å². The molecule has 1 amide bonds. The maximum atomic E-state index is 11.9. The van der Waals surface area contributed by atoms with Crippen LogP contribution < -0.4 is 0 Å². The summed E-state index contributed by atoms with van der Waals surface area (Å²) in [6.07, 6.45) is -0.145. The predicted octanol–water partition coefficient (Wildman–Crippen LogP) is 2.41. The van der Waals surface area contributed by atoms with Gasteiger partial charge < -0.3 is 14.4 Å². The van der Waals surface area contributed by atoms with E-state index in [-0.39, 0.29) is 18.3 Å². The molecule has 0 bridgehead atoms. The van der Waals surface area contributed by atoms with Gasteiger partial charge in [0, 0.05) is 5.33 Å². The maximum Gasteiger partial charge on any atom is 0.410 e. The van der Waals surface area contributed by atoms with Gasteiger partial charge in [-0.1, -0.05) is 15.9 Å². The van der Waals surface area contributed by atoms with Crippen molar-refractivity contribution in [2.45, 2.75) is 45.5 Å². The molecule has 1 aliphatic rings. The van der Waals surface area contributed by atoms with Crippen LogP contribution in [0.3, 0.4) is 0 Å². The Bertz CT molecular complexity index is 252. The Hall–Kier alpha value is -0.290. The number of rotatable bonds is 1. The van der Waals surface area contributed by atoms with Gasteiger partial charge in [0.2, 0.25) is 0 Å². The molecule has 0 aromatic rings. The number of halogens is 1. The van der Waals surface area contributed by atoms with Gasteiger partial charge in [-0.25, -0.2) is 4.79 Å². The Morgan fingerprint density at radius 3 is 2.62 bits per heavy atom. The average Bonchev–Trinajstić information content (AvgIpc) is 2.14. The van der Waals surface area contributed by atoms with Crippen LogP contribution in [-0.2, 0) is 9.47 Å². The van der Waals surface area contributed by atoms with Crippen LogP contribution in [0.4, 0.5) is 4.79 Å². The van der Waals surface area contributed by atoms with E-state index < -0.39 is 5.60 Å². The summed E-state index contributed by atoms with van der Waals surface area (Å²) in [7, 11) is 0. The van der Waals surface area contributed by atoms with Crippen molar-refractivity contribution < 1.29 is 14.3 Å². The van der Waals surface area contributed by atoms with Crippen LogP contribution in [0.2, 0.25) is 0 Å². The molecule has 94 valence electrons. The molecule has 5 heteroatoms. The molecule has 0 radical (unpaired) electrons. The fourth-order valence-electron chi connectivity index (χ4n) is 1.61. The van der Waals surface area contributed by atoms with Crippen LogP contribution in [0.25, 0.3) is 0 Å². The topological polar surface area (TPSA) is 38.8 Å². The lowest BCUT2D eigenvalue weighted by Gasteiger charge is -2.36. The van der Waals surface area contributed by atoms with Crippen LogP contribution in [0.5, 0.6) is 0 Å². The van der Waals surface area contributed by atoms with Crippen molar-refractivity contribution in [3.05, 3.63) is 0 Å². The van der Waals surface area contributed by atoms with Crippen molar-refractivity contribution in [2.24, 2.45) is 0 Å². The molecule has 0 N–H and O–H groups in total. The summed E-state index contributed by atoms with van der Waals surface area (Å²) in [4.78, 5) is 13.6. The highest BCUT2D eigenvalue weighted by atomic mass is 79.9. The van der Waals surface area contributed by atoms with Crippen LogP contribution in [0.15, 0.2) is 0 Å². The van der Waals surface area contributed by atoms with Crippen molar-refractivity contribution in [3.63, 3.8) is 0 Å². The SMILES string of the molecule is C[C@@H]1CN(C(=O)OC(C)(C)C)C[C@H](CBr)O1. The number of ether oxygens (including phenoxy) is 2. The zero-order valence-corrected chi connectivity index (χ0v) is 11.9. The minimum Gasteiger partial charge on any atom is -0.444 e. The highest BCUT2D eigenvalue weighted by Crippen LogP contribution is 2.16. The molecule has 16 heavy (non-hydrogen) atoms. The molecule has 2 atom stereocenters. The van der Waals surface area contributed by atoms with Gasteiger partial charge in [-0.05, 0) is 27.7 Å². The number of hydrogen-bond acceptors (Lipinski definition) is 3. The number of nitrogens with zero attached hydrogens (tertiary/aromatic N) is 1. The van der Waals surface area contributed by atoms with Gasteiger partial charge >= 0.3 is 6.09 Å². The van der Waals surface area contributed by atoms with Gasteiger partial charge in [0.05, 0.1) is 25.3 Å². The van der Waals surface area contributed by atoms with E-state index in [4.69, 9.17) is 9.47 Å². The number of carbonyl (C=O) groups excluding carboxylic acids is 1. The largest absolute Gasteiger partial charge is 0.444 e. The highest BCUT2D eigenvalue weighted by Gasteiger charge is 2.30. The van der Waals surface area contributed by atoms with Crippen LogP contribution in [-0.4, -0.2) is 47.2 Å². The van der Waals surface area contributed by atoms with Gasteiger partial charge in [-0.15, -0.1) is 0 Å². The molecule has 1 heterocycles. The molecule has 0 spiro atoms. The van der Waals surface area contributed by atoms with Crippen LogP contribution in [0, 0.1) is 0 Å². The molecule has 0 aliphatic carbocycles. The zero-order valence-electron chi connectivity index (χ0n) is 10.3. The summed E-state index contributed by atoms with van der Waals surface area (Å²) in [6.45, 7) is 8.76. The van der Waals surface area contributed by atoms with Crippen molar-refractivity contribution in [3.8, 4) is 0 Å². The van der Waals surface area contributed by atoms with Gasteiger partial charge in [-0.2, -0.15) is 0 Å². The maximum absolute atomic E-state index is 11.9. The number of morpholine rings is 1. The smallest absolute Gasteiger partial charge is 0.410 e. The minimum absolute atomic E-state index is 0.0521. The van der Waals surface area contributed by atoms with E-state index in [0.29, 0.717) is 13.1 Å². The quantitative estimate of drug-likeness (QED) is 0.697. The third-order valence-electron chi connectivity index (χ3n) is 2.15. The predicted molar refractivity (Wildman–Crippen MR) is 65.9 cm³/mol. The Labute approximate surface area is 105 Å². The fraction of sp³-hybridized carbons (Fsp3) is 0.909. The minimum atomic E-state index is -0.442. The molecule has 1 rings (SSSR count). The standard InChI is InChI=1S/C11H20BrNO3/c1-8-6-13(7-9(5-12)15-8)10(14)16-11(2,3)4/h8-9H,5-7H2,1-4H3/t8-,9+/m1/s1.